The van der Waals surface area contributed by atoms with Gasteiger partial charge in [-0.1, -0.05) is 17.3 Å². The van der Waals surface area contributed by atoms with Crippen LogP contribution < -0.4 is 5.32 Å². The van der Waals surface area contributed by atoms with E-state index < -0.39 is 0 Å². The highest BCUT2D eigenvalue weighted by molar-refractivity contribution is 6.11. The Morgan fingerprint density at radius 3 is 2.61 bits per heavy atom. The molecule has 23 heavy (non-hydrogen) atoms. The Morgan fingerprint density at radius 2 is 1.96 bits per heavy atom. The number of aryl methyl sites for hydroxylation is 2. The number of aromatic nitrogens is 1. The fourth-order valence-corrected chi connectivity index (χ4v) is 2.52. The Labute approximate surface area is 132 Å². The van der Waals surface area contributed by atoms with Crippen LogP contribution in [0.1, 0.15) is 34.5 Å². The molecule has 1 aromatic carbocycles. The minimum absolute atomic E-state index is 0.123. The average molecular weight is 312 g/mol. The van der Waals surface area contributed by atoms with Gasteiger partial charge in [0.25, 0.3) is 0 Å². The molecule has 118 valence electrons. The lowest BCUT2D eigenvalue weighted by Gasteiger charge is -2.05. The predicted octanol–water partition coefficient (Wildman–Crippen LogP) is 3.42. The summed E-state index contributed by atoms with van der Waals surface area (Å²) in [5, 5.41) is 7.32. The number of nitrogens with zero attached hydrogens (tertiary/aromatic N) is 1. The number of amides is 1. The Morgan fingerprint density at radius 1 is 1.22 bits per heavy atom. The van der Waals surface area contributed by atoms with Crippen LogP contribution in [0.4, 0.5) is 5.69 Å². The molecule has 0 bridgehead atoms. The Bertz CT molecular complexity index is 885. The fraction of sp³-hybridized carbons (Fsp3) is 0.235. The number of benzene rings is 1. The largest absolute Gasteiger partial charge is 0.451 e. The number of fused-ring (bicyclic) bond motifs is 1. The third-order valence-electron chi connectivity index (χ3n) is 3.70. The zero-order valence-corrected chi connectivity index (χ0v) is 13.1. The van der Waals surface area contributed by atoms with E-state index in [9.17, 15) is 9.59 Å². The number of anilines is 1. The van der Waals surface area contributed by atoms with Crippen LogP contribution in [0.25, 0.3) is 11.0 Å². The summed E-state index contributed by atoms with van der Waals surface area (Å²) in [7, 11) is 0. The Kier molecular flexibility index (Phi) is 3.73. The summed E-state index contributed by atoms with van der Waals surface area (Å²) in [6, 6.07) is 7.19. The highest BCUT2D eigenvalue weighted by atomic mass is 16.5. The molecular weight excluding hydrogens is 296 g/mol. The molecule has 2 aromatic heterocycles. The number of rotatable bonds is 4. The van der Waals surface area contributed by atoms with Gasteiger partial charge in [0, 0.05) is 17.9 Å². The second kappa shape index (κ2) is 5.72. The highest BCUT2D eigenvalue weighted by Crippen LogP contribution is 2.31. The third-order valence-corrected chi connectivity index (χ3v) is 3.70. The van der Waals surface area contributed by atoms with Crippen LogP contribution in [-0.2, 0) is 11.2 Å². The maximum Gasteiger partial charge on any atom is 0.229 e. The first-order valence-electron chi connectivity index (χ1n) is 7.21. The van der Waals surface area contributed by atoms with E-state index in [-0.39, 0.29) is 23.9 Å². The van der Waals surface area contributed by atoms with Gasteiger partial charge in [0.2, 0.25) is 5.91 Å². The molecule has 0 atom stereocenters. The normalized spacial score (nSPS) is 10.9. The number of Topliss-reactive ketones (excluding diaryl/α,β-unsaturated/α-hetero) is 1. The van der Waals surface area contributed by atoms with Crippen LogP contribution in [0, 0.1) is 13.8 Å². The predicted molar refractivity (Wildman–Crippen MR) is 84.5 cm³/mol. The van der Waals surface area contributed by atoms with Crippen molar-refractivity contribution in [3.63, 3.8) is 0 Å². The van der Waals surface area contributed by atoms with E-state index in [4.69, 9.17) is 8.94 Å². The summed E-state index contributed by atoms with van der Waals surface area (Å²) in [4.78, 5) is 24.1. The number of furan rings is 1. The van der Waals surface area contributed by atoms with Gasteiger partial charge in [-0.15, -0.1) is 0 Å². The second-order valence-corrected chi connectivity index (χ2v) is 5.39. The summed E-state index contributed by atoms with van der Waals surface area (Å²) in [5.74, 6) is 0.266. The van der Waals surface area contributed by atoms with Crippen LogP contribution in [0.15, 0.2) is 33.2 Å². The molecule has 6 nitrogen and oxygen atoms in total. The second-order valence-electron chi connectivity index (χ2n) is 5.39. The average Bonchev–Trinajstić information content (AvgIpc) is 3.03. The number of hydrogen-bond acceptors (Lipinski definition) is 5. The lowest BCUT2D eigenvalue weighted by Crippen LogP contribution is -2.16. The van der Waals surface area contributed by atoms with Crippen LogP contribution in [-0.4, -0.2) is 16.8 Å². The van der Waals surface area contributed by atoms with Gasteiger partial charge in [0.15, 0.2) is 11.5 Å². The van der Waals surface area contributed by atoms with Gasteiger partial charge in [0.05, 0.1) is 17.8 Å². The zero-order chi connectivity index (χ0) is 16.6. The van der Waals surface area contributed by atoms with Gasteiger partial charge in [0.1, 0.15) is 11.3 Å². The molecule has 0 aliphatic carbocycles. The number of hydrogen-bond donors (Lipinski definition) is 1. The van der Waals surface area contributed by atoms with Gasteiger partial charge in [-0.05, 0) is 26.0 Å². The van der Waals surface area contributed by atoms with Crippen LogP contribution in [0.5, 0.6) is 0 Å². The van der Waals surface area contributed by atoms with Gasteiger partial charge in [-0.3, -0.25) is 9.59 Å². The smallest absolute Gasteiger partial charge is 0.229 e. The van der Waals surface area contributed by atoms with Gasteiger partial charge in [-0.25, -0.2) is 0 Å². The molecule has 1 N–H and O–H groups in total. The maximum absolute atomic E-state index is 12.4. The van der Waals surface area contributed by atoms with Crippen LogP contribution >= 0.6 is 0 Å². The van der Waals surface area contributed by atoms with Crippen molar-refractivity contribution >= 4 is 28.3 Å². The molecule has 6 heteroatoms. The molecule has 0 unspecified atom stereocenters. The van der Waals surface area contributed by atoms with Crippen LogP contribution in [0.2, 0.25) is 0 Å². The first kappa shape index (κ1) is 15.0. The minimum Gasteiger partial charge on any atom is -0.451 e. The van der Waals surface area contributed by atoms with Crippen molar-refractivity contribution in [2.75, 3.05) is 5.32 Å². The molecule has 0 fully saturated rings. The van der Waals surface area contributed by atoms with Crippen molar-refractivity contribution in [3.05, 3.63) is 47.0 Å². The van der Waals surface area contributed by atoms with E-state index in [1.807, 2.05) is 12.1 Å². The number of ketones is 1. The summed E-state index contributed by atoms with van der Waals surface area (Å²) >= 11 is 0. The SMILES string of the molecule is CC(=O)c1oc2ccccc2c1NC(=O)Cc1c(C)noc1C. The van der Waals surface area contributed by atoms with Crippen molar-refractivity contribution < 1.29 is 18.5 Å². The molecule has 0 radical (unpaired) electrons. The number of carbonyl (C=O) groups is 2. The van der Waals surface area contributed by atoms with Crippen LogP contribution in [0.3, 0.4) is 0 Å². The van der Waals surface area contributed by atoms with Crippen molar-refractivity contribution in [1.29, 1.82) is 0 Å². The molecule has 1 amide bonds. The number of carbonyl (C=O) groups excluding carboxylic acids is 2. The number of para-hydroxylation sites is 1. The summed E-state index contributed by atoms with van der Waals surface area (Å²) < 4.78 is 10.6. The molecule has 0 saturated carbocycles. The molecule has 3 rings (SSSR count). The maximum atomic E-state index is 12.4. The van der Waals surface area contributed by atoms with E-state index >= 15 is 0 Å². The summed E-state index contributed by atoms with van der Waals surface area (Å²) in [5.41, 5.74) is 2.40. The molecule has 0 saturated heterocycles. The first-order chi connectivity index (χ1) is 11.0. The minimum atomic E-state index is -0.256. The van der Waals surface area contributed by atoms with E-state index in [0.717, 1.165) is 5.56 Å². The van der Waals surface area contributed by atoms with E-state index in [1.54, 1.807) is 26.0 Å². The third kappa shape index (κ3) is 2.75. The van der Waals surface area contributed by atoms with E-state index in [0.29, 0.717) is 28.1 Å². The molecule has 0 spiro atoms. The lowest BCUT2D eigenvalue weighted by atomic mass is 10.1. The lowest BCUT2D eigenvalue weighted by molar-refractivity contribution is -0.115. The van der Waals surface area contributed by atoms with E-state index in [2.05, 4.69) is 10.5 Å². The van der Waals surface area contributed by atoms with E-state index in [1.165, 1.54) is 6.92 Å². The van der Waals surface area contributed by atoms with Crippen molar-refractivity contribution in [2.45, 2.75) is 27.2 Å². The monoisotopic (exact) mass is 312 g/mol. The topological polar surface area (TPSA) is 85.3 Å². The van der Waals surface area contributed by atoms with Crippen molar-refractivity contribution in [3.8, 4) is 0 Å². The first-order valence-corrected chi connectivity index (χ1v) is 7.21. The van der Waals surface area contributed by atoms with Gasteiger partial charge in [-0.2, -0.15) is 0 Å². The standard InChI is InChI=1S/C17H16N2O4/c1-9-13(11(3)23-19-9)8-15(21)18-16-12-6-4-5-7-14(12)22-17(16)10(2)20/h4-7H,8H2,1-3H3,(H,18,21). The summed E-state index contributed by atoms with van der Waals surface area (Å²) in [6.07, 6.45) is 0.123. The molecule has 2 heterocycles. The molecule has 3 aromatic rings. The molecule has 0 aliphatic rings. The van der Waals surface area contributed by atoms with Gasteiger partial charge >= 0.3 is 0 Å². The van der Waals surface area contributed by atoms with Crippen molar-refractivity contribution in [1.82, 2.24) is 5.16 Å². The molecular formula is C17H16N2O4. The van der Waals surface area contributed by atoms with Gasteiger partial charge < -0.3 is 14.3 Å². The Hall–Kier alpha value is -2.89. The quantitative estimate of drug-likeness (QED) is 0.746. The Balaban J connectivity index is 1.93. The molecule has 0 aliphatic heterocycles. The zero-order valence-electron chi connectivity index (χ0n) is 13.1. The number of nitrogens with one attached hydrogen (secondary N) is 1. The van der Waals surface area contributed by atoms with Crippen molar-refractivity contribution in [2.24, 2.45) is 0 Å². The summed E-state index contributed by atoms with van der Waals surface area (Å²) in [6.45, 7) is 4.95. The fourth-order valence-electron chi connectivity index (χ4n) is 2.52. The highest BCUT2D eigenvalue weighted by Gasteiger charge is 2.21.